The molecule has 0 fully saturated rings. The smallest absolute Gasteiger partial charge is 0.131 e. The topological polar surface area (TPSA) is 70.3 Å². The summed E-state index contributed by atoms with van der Waals surface area (Å²) in [6.07, 6.45) is 1.79. The fraction of sp³-hybridized carbons (Fsp3) is 0.375. The van der Waals surface area contributed by atoms with Crippen molar-refractivity contribution in [2.45, 2.75) is 19.8 Å². The monoisotopic (exact) mass is 287 g/mol. The number of nitrogens with two attached hydrogens (primary N) is 1. The molecule has 0 saturated carbocycles. The van der Waals surface area contributed by atoms with Crippen molar-refractivity contribution in [3.05, 3.63) is 36.2 Å². The maximum absolute atomic E-state index is 5.89. The molecule has 112 valence electrons. The first kappa shape index (κ1) is 15.3. The van der Waals surface area contributed by atoms with E-state index in [1.807, 2.05) is 24.3 Å². The summed E-state index contributed by atoms with van der Waals surface area (Å²) in [4.78, 5) is 8.84. The van der Waals surface area contributed by atoms with Crippen LogP contribution in [0.1, 0.15) is 19.2 Å². The third-order valence-corrected chi connectivity index (χ3v) is 2.97. The van der Waals surface area contributed by atoms with Crippen molar-refractivity contribution < 1.29 is 9.47 Å². The molecule has 1 aromatic carbocycles. The average Bonchev–Trinajstić information content (AvgIpc) is 2.48. The van der Waals surface area contributed by atoms with Crippen molar-refractivity contribution in [1.82, 2.24) is 9.97 Å². The van der Waals surface area contributed by atoms with Gasteiger partial charge in [0.25, 0.3) is 0 Å². The zero-order chi connectivity index (χ0) is 15.1. The SMILES string of the molecule is CCCc1nc(N)cc(-c2ccccc2OCCOC)n1. The number of nitrogens with zero attached hydrogens (tertiary/aromatic N) is 2. The number of rotatable bonds is 7. The second-order valence-corrected chi connectivity index (χ2v) is 4.68. The molecule has 0 radical (unpaired) electrons. The van der Waals surface area contributed by atoms with E-state index in [-0.39, 0.29) is 0 Å². The lowest BCUT2D eigenvalue weighted by Crippen LogP contribution is -2.06. The number of aromatic nitrogens is 2. The highest BCUT2D eigenvalue weighted by Crippen LogP contribution is 2.29. The van der Waals surface area contributed by atoms with Crippen LogP contribution >= 0.6 is 0 Å². The molecule has 0 aliphatic rings. The molecule has 0 saturated heterocycles. The average molecular weight is 287 g/mol. The fourth-order valence-electron chi connectivity index (χ4n) is 2.03. The summed E-state index contributed by atoms with van der Waals surface area (Å²) in [6, 6.07) is 9.56. The molecule has 1 heterocycles. The standard InChI is InChI=1S/C16H21N3O2/c1-3-6-16-18-13(11-15(17)19-16)12-7-4-5-8-14(12)21-10-9-20-2/h4-5,7-8,11H,3,6,9-10H2,1-2H3,(H2,17,18,19). The van der Waals surface area contributed by atoms with Crippen LogP contribution in [0.5, 0.6) is 5.75 Å². The van der Waals surface area contributed by atoms with Gasteiger partial charge in [-0.2, -0.15) is 0 Å². The van der Waals surface area contributed by atoms with Crippen molar-refractivity contribution in [3.8, 4) is 17.0 Å². The van der Waals surface area contributed by atoms with Gasteiger partial charge in [-0.05, 0) is 18.6 Å². The van der Waals surface area contributed by atoms with Crippen LogP contribution in [0.3, 0.4) is 0 Å². The minimum Gasteiger partial charge on any atom is -0.490 e. The normalized spacial score (nSPS) is 10.6. The third kappa shape index (κ3) is 4.16. The van der Waals surface area contributed by atoms with Crippen LogP contribution in [0.4, 0.5) is 5.82 Å². The molecule has 0 bridgehead atoms. The zero-order valence-electron chi connectivity index (χ0n) is 12.5. The van der Waals surface area contributed by atoms with Gasteiger partial charge in [0, 0.05) is 25.2 Å². The fourth-order valence-corrected chi connectivity index (χ4v) is 2.03. The first-order chi connectivity index (χ1) is 10.2. The third-order valence-electron chi connectivity index (χ3n) is 2.97. The Kier molecular flexibility index (Phi) is 5.51. The van der Waals surface area contributed by atoms with Crippen molar-refractivity contribution in [2.75, 3.05) is 26.1 Å². The number of aryl methyl sites for hydroxylation is 1. The first-order valence-electron chi connectivity index (χ1n) is 7.09. The highest BCUT2D eigenvalue weighted by molar-refractivity contribution is 5.68. The van der Waals surface area contributed by atoms with Crippen LogP contribution in [0, 0.1) is 0 Å². The maximum atomic E-state index is 5.89. The summed E-state index contributed by atoms with van der Waals surface area (Å²) in [7, 11) is 1.65. The predicted octanol–water partition coefficient (Wildman–Crippen LogP) is 2.70. The van der Waals surface area contributed by atoms with E-state index >= 15 is 0 Å². The van der Waals surface area contributed by atoms with Gasteiger partial charge in [0.15, 0.2) is 0 Å². The van der Waals surface area contributed by atoms with Crippen molar-refractivity contribution in [2.24, 2.45) is 0 Å². The number of anilines is 1. The van der Waals surface area contributed by atoms with E-state index in [2.05, 4.69) is 16.9 Å². The Morgan fingerprint density at radius 3 is 2.71 bits per heavy atom. The highest BCUT2D eigenvalue weighted by atomic mass is 16.5. The Hall–Kier alpha value is -2.14. The Morgan fingerprint density at radius 2 is 1.95 bits per heavy atom. The minimum atomic E-state index is 0.482. The summed E-state index contributed by atoms with van der Waals surface area (Å²) in [5, 5.41) is 0. The van der Waals surface area contributed by atoms with Crippen molar-refractivity contribution in [3.63, 3.8) is 0 Å². The molecular formula is C16H21N3O2. The molecule has 1 aromatic heterocycles. The summed E-state index contributed by atoms with van der Waals surface area (Å²) in [5.41, 5.74) is 7.59. The summed E-state index contributed by atoms with van der Waals surface area (Å²) in [5.74, 6) is 2.02. The van der Waals surface area contributed by atoms with Gasteiger partial charge in [-0.15, -0.1) is 0 Å². The number of nitrogen functional groups attached to an aromatic ring is 1. The Bertz CT molecular complexity index is 587. The molecule has 0 atom stereocenters. The molecule has 2 N–H and O–H groups in total. The molecule has 0 aliphatic heterocycles. The lowest BCUT2D eigenvalue weighted by atomic mass is 10.1. The van der Waals surface area contributed by atoms with Crippen LogP contribution in [0.25, 0.3) is 11.3 Å². The van der Waals surface area contributed by atoms with E-state index in [4.69, 9.17) is 15.2 Å². The number of para-hydroxylation sites is 1. The van der Waals surface area contributed by atoms with Crippen LogP contribution in [0.2, 0.25) is 0 Å². The zero-order valence-corrected chi connectivity index (χ0v) is 12.5. The Labute approximate surface area is 125 Å². The second kappa shape index (κ2) is 7.59. The molecule has 5 heteroatoms. The number of ether oxygens (including phenoxy) is 2. The summed E-state index contributed by atoms with van der Waals surface area (Å²) in [6.45, 7) is 3.13. The van der Waals surface area contributed by atoms with Crippen LogP contribution in [0.15, 0.2) is 30.3 Å². The van der Waals surface area contributed by atoms with Gasteiger partial charge in [-0.25, -0.2) is 9.97 Å². The van der Waals surface area contributed by atoms with Crippen LogP contribution < -0.4 is 10.5 Å². The molecule has 2 rings (SSSR count). The molecule has 2 aromatic rings. The van der Waals surface area contributed by atoms with Gasteiger partial charge in [-0.3, -0.25) is 0 Å². The Balaban J connectivity index is 2.32. The largest absolute Gasteiger partial charge is 0.490 e. The Morgan fingerprint density at radius 1 is 1.14 bits per heavy atom. The van der Waals surface area contributed by atoms with Gasteiger partial charge in [0.2, 0.25) is 0 Å². The summed E-state index contributed by atoms with van der Waals surface area (Å²) < 4.78 is 10.8. The van der Waals surface area contributed by atoms with E-state index in [1.54, 1.807) is 13.2 Å². The molecule has 0 unspecified atom stereocenters. The van der Waals surface area contributed by atoms with E-state index < -0.39 is 0 Å². The van der Waals surface area contributed by atoms with E-state index in [0.717, 1.165) is 35.7 Å². The van der Waals surface area contributed by atoms with Crippen molar-refractivity contribution >= 4 is 5.82 Å². The molecule has 5 nitrogen and oxygen atoms in total. The molecule has 0 amide bonds. The molecule has 0 spiro atoms. The van der Waals surface area contributed by atoms with Crippen molar-refractivity contribution in [1.29, 1.82) is 0 Å². The second-order valence-electron chi connectivity index (χ2n) is 4.68. The summed E-state index contributed by atoms with van der Waals surface area (Å²) >= 11 is 0. The number of hydrogen-bond donors (Lipinski definition) is 1. The molecule has 21 heavy (non-hydrogen) atoms. The van der Waals surface area contributed by atoms with Gasteiger partial charge < -0.3 is 15.2 Å². The molecule has 0 aliphatic carbocycles. The highest BCUT2D eigenvalue weighted by Gasteiger charge is 2.10. The van der Waals surface area contributed by atoms with Gasteiger partial charge in [0.1, 0.15) is 24.0 Å². The number of hydrogen-bond acceptors (Lipinski definition) is 5. The van der Waals surface area contributed by atoms with E-state index in [0.29, 0.717) is 19.0 Å². The van der Waals surface area contributed by atoms with E-state index in [1.165, 1.54) is 0 Å². The first-order valence-corrected chi connectivity index (χ1v) is 7.09. The van der Waals surface area contributed by atoms with Gasteiger partial charge in [-0.1, -0.05) is 19.1 Å². The van der Waals surface area contributed by atoms with Crippen LogP contribution in [-0.2, 0) is 11.2 Å². The lowest BCUT2D eigenvalue weighted by Gasteiger charge is -2.12. The molecular weight excluding hydrogens is 266 g/mol. The number of methoxy groups -OCH3 is 1. The predicted molar refractivity (Wildman–Crippen MR) is 83.2 cm³/mol. The lowest BCUT2D eigenvalue weighted by molar-refractivity contribution is 0.146. The van der Waals surface area contributed by atoms with Gasteiger partial charge >= 0.3 is 0 Å². The van der Waals surface area contributed by atoms with E-state index in [9.17, 15) is 0 Å². The quantitative estimate of drug-likeness (QED) is 0.793. The maximum Gasteiger partial charge on any atom is 0.131 e. The minimum absolute atomic E-state index is 0.482. The van der Waals surface area contributed by atoms with Crippen LogP contribution in [-0.4, -0.2) is 30.3 Å². The number of benzene rings is 1. The van der Waals surface area contributed by atoms with Gasteiger partial charge in [0.05, 0.1) is 12.3 Å².